The summed E-state index contributed by atoms with van der Waals surface area (Å²) in [5.41, 5.74) is 3.34. The van der Waals surface area contributed by atoms with Gasteiger partial charge in [0.1, 0.15) is 6.54 Å². The summed E-state index contributed by atoms with van der Waals surface area (Å²) >= 11 is 0. The lowest BCUT2D eigenvalue weighted by Crippen LogP contribution is -2.41. The molecule has 33 heavy (non-hydrogen) atoms. The average molecular weight is 473 g/mol. The van der Waals surface area contributed by atoms with Crippen LogP contribution in [0.1, 0.15) is 55.2 Å². The zero-order valence-electron chi connectivity index (χ0n) is 20.0. The summed E-state index contributed by atoms with van der Waals surface area (Å²) in [6.07, 6.45) is 7.03. The van der Waals surface area contributed by atoms with Gasteiger partial charge in [0.05, 0.1) is 16.7 Å². The van der Waals surface area contributed by atoms with Crippen molar-refractivity contribution in [3.8, 4) is 0 Å². The van der Waals surface area contributed by atoms with Crippen molar-refractivity contribution in [1.82, 2.24) is 5.32 Å². The van der Waals surface area contributed by atoms with Crippen LogP contribution in [0.5, 0.6) is 0 Å². The third kappa shape index (κ3) is 7.30. The lowest BCUT2D eigenvalue weighted by molar-refractivity contribution is -0.119. The van der Waals surface area contributed by atoms with Crippen LogP contribution in [0, 0.1) is 20.8 Å². The topological polar surface area (TPSA) is 75.7 Å². The van der Waals surface area contributed by atoms with Crippen molar-refractivity contribution >= 4 is 21.6 Å². The number of nitrogens with zero attached hydrogens (tertiary/aromatic N) is 1. The second-order valence-electron chi connectivity index (χ2n) is 9.00. The molecule has 0 unspecified atom stereocenters. The molecule has 6 nitrogen and oxygen atoms in total. The molecule has 180 valence electrons. The summed E-state index contributed by atoms with van der Waals surface area (Å²) < 4.78 is 34.1. The molecule has 0 radical (unpaired) electrons. The van der Waals surface area contributed by atoms with Crippen LogP contribution in [0.4, 0.5) is 5.69 Å². The van der Waals surface area contributed by atoms with Gasteiger partial charge in [-0.05, 0) is 75.4 Å². The molecule has 0 bridgehead atoms. The lowest BCUT2D eigenvalue weighted by atomic mass is 9.98. The van der Waals surface area contributed by atoms with E-state index in [1.165, 1.54) is 23.6 Å². The highest BCUT2D eigenvalue weighted by molar-refractivity contribution is 7.92. The van der Waals surface area contributed by atoms with Crippen molar-refractivity contribution < 1.29 is 17.9 Å². The van der Waals surface area contributed by atoms with Crippen LogP contribution in [0.2, 0.25) is 0 Å². The summed E-state index contributed by atoms with van der Waals surface area (Å²) in [7, 11) is -3.90. The number of amides is 1. The first kappa shape index (κ1) is 25.2. The first-order valence-electron chi connectivity index (χ1n) is 11.8. The van der Waals surface area contributed by atoms with E-state index in [4.69, 9.17) is 4.74 Å². The molecular formula is C26H36N2O4S. The minimum atomic E-state index is -3.90. The highest BCUT2D eigenvalue weighted by atomic mass is 32.2. The molecule has 3 rings (SSSR count). The zero-order valence-corrected chi connectivity index (χ0v) is 20.8. The van der Waals surface area contributed by atoms with Crippen LogP contribution in [0.3, 0.4) is 0 Å². The number of sulfonamides is 1. The number of hydrogen-bond acceptors (Lipinski definition) is 4. The number of carbonyl (C=O) groups excluding carboxylic acids is 1. The first-order valence-corrected chi connectivity index (χ1v) is 13.3. The van der Waals surface area contributed by atoms with Crippen molar-refractivity contribution in [3.63, 3.8) is 0 Å². The van der Waals surface area contributed by atoms with Crippen LogP contribution in [0.25, 0.3) is 0 Å². The van der Waals surface area contributed by atoms with E-state index < -0.39 is 10.0 Å². The maximum Gasteiger partial charge on any atom is 0.264 e. The van der Waals surface area contributed by atoms with Crippen molar-refractivity contribution in [2.45, 2.75) is 70.3 Å². The van der Waals surface area contributed by atoms with Crippen molar-refractivity contribution in [3.05, 3.63) is 59.2 Å². The minimum Gasteiger partial charge on any atom is -0.378 e. The van der Waals surface area contributed by atoms with Gasteiger partial charge in [0.15, 0.2) is 0 Å². The average Bonchev–Trinajstić information content (AvgIpc) is 2.77. The van der Waals surface area contributed by atoms with Gasteiger partial charge in [-0.2, -0.15) is 0 Å². The Morgan fingerprint density at radius 3 is 2.24 bits per heavy atom. The summed E-state index contributed by atoms with van der Waals surface area (Å²) in [6.45, 7) is 6.52. The maximum absolute atomic E-state index is 13.5. The Hall–Kier alpha value is -2.38. The Balaban J connectivity index is 1.66. The maximum atomic E-state index is 13.5. The fourth-order valence-electron chi connectivity index (χ4n) is 4.22. The number of carbonyl (C=O) groups is 1. The molecule has 0 aromatic heterocycles. The molecule has 1 aliphatic rings. The van der Waals surface area contributed by atoms with Crippen LogP contribution >= 0.6 is 0 Å². The number of benzene rings is 2. The van der Waals surface area contributed by atoms with E-state index in [9.17, 15) is 13.2 Å². The van der Waals surface area contributed by atoms with Crippen LogP contribution < -0.4 is 9.62 Å². The Morgan fingerprint density at radius 2 is 1.61 bits per heavy atom. The van der Waals surface area contributed by atoms with Crippen LogP contribution in [-0.4, -0.2) is 40.1 Å². The van der Waals surface area contributed by atoms with Gasteiger partial charge in [0.25, 0.3) is 10.0 Å². The highest BCUT2D eigenvalue weighted by Crippen LogP contribution is 2.26. The minimum absolute atomic E-state index is 0.168. The zero-order chi connectivity index (χ0) is 23.8. The van der Waals surface area contributed by atoms with Crippen molar-refractivity contribution in [2.75, 3.05) is 24.0 Å². The number of ether oxygens (including phenoxy) is 1. The second-order valence-corrected chi connectivity index (χ2v) is 10.9. The number of hydrogen-bond donors (Lipinski definition) is 1. The van der Waals surface area contributed by atoms with Gasteiger partial charge in [0, 0.05) is 13.2 Å². The molecular weight excluding hydrogens is 436 g/mol. The smallest absolute Gasteiger partial charge is 0.264 e. The monoisotopic (exact) mass is 472 g/mol. The fourth-order valence-corrected chi connectivity index (χ4v) is 5.62. The Bertz CT molecular complexity index is 1010. The second kappa shape index (κ2) is 11.7. The van der Waals surface area contributed by atoms with E-state index in [1.54, 1.807) is 36.4 Å². The lowest BCUT2D eigenvalue weighted by Gasteiger charge is -2.25. The summed E-state index contributed by atoms with van der Waals surface area (Å²) in [6, 6.07) is 12.3. The van der Waals surface area contributed by atoms with Crippen molar-refractivity contribution in [1.29, 1.82) is 0 Å². The Morgan fingerprint density at radius 1 is 0.970 bits per heavy atom. The van der Waals surface area contributed by atoms with E-state index in [1.807, 2.05) is 26.8 Å². The predicted octanol–water partition coefficient (Wildman–Crippen LogP) is 4.66. The normalized spacial score (nSPS) is 14.8. The fraction of sp³-hybridized carbons (Fsp3) is 0.500. The quantitative estimate of drug-likeness (QED) is 0.510. The number of rotatable bonds is 10. The molecule has 7 heteroatoms. The van der Waals surface area contributed by atoms with Gasteiger partial charge in [-0.1, -0.05) is 43.0 Å². The molecule has 0 aliphatic heterocycles. The van der Waals surface area contributed by atoms with Gasteiger partial charge < -0.3 is 10.1 Å². The number of aryl methyl sites for hydroxylation is 3. The van der Waals surface area contributed by atoms with Gasteiger partial charge in [0.2, 0.25) is 5.91 Å². The molecule has 1 fully saturated rings. The molecule has 2 aromatic carbocycles. The summed E-state index contributed by atoms with van der Waals surface area (Å²) in [5.74, 6) is -0.331. The van der Waals surface area contributed by atoms with Gasteiger partial charge in [-0.25, -0.2) is 8.42 Å². The summed E-state index contributed by atoms with van der Waals surface area (Å²) in [4.78, 5) is 12.9. The van der Waals surface area contributed by atoms with E-state index in [0.717, 1.165) is 29.5 Å². The highest BCUT2D eigenvalue weighted by Gasteiger charge is 2.27. The molecule has 2 aromatic rings. The van der Waals surface area contributed by atoms with Gasteiger partial charge >= 0.3 is 0 Å². The molecule has 0 atom stereocenters. The van der Waals surface area contributed by atoms with Crippen LogP contribution in [-0.2, 0) is 19.6 Å². The Kier molecular flexibility index (Phi) is 8.92. The molecule has 1 amide bonds. The standard InChI is InChI=1S/C26H36N2O4S/c1-20-10-12-25(13-11-20)33(30,31)28(23-17-21(2)16-22(3)18-23)19-26(29)27-14-7-15-32-24-8-5-4-6-9-24/h10-13,16-18,24H,4-9,14-15,19H2,1-3H3,(H,27,29). The SMILES string of the molecule is Cc1ccc(S(=O)(=O)N(CC(=O)NCCCOC2CCCCC2)c2cc(C)cc(C)c2)cc1. The number of nitrogens with one attached hydrogen (secondary N) is 1. The molecule has 1 N–H and O–H groups in total. The van der Waals surface area contributed by atoms with E-state index in [-0.39, 0.29) is 17.3 Å². The third-order valence-corrected chi connectivity index (χ3v) is 7.73. The van der Waals surface area contributed by atoms with E-state index in [2.05, 4.69) is 5.32 Å². The van der Waals surface area contributed by atoms with Crippen LogP contribution in [0.15, 0.2) is 47.4 Å². The molecule has 1 aliphatic carbocycles. The molecule has 0 heterocycles. The van der Waals surface area contributed by atoms with Gasteiger partial charge in [-0.3, -0.25) is 9.10 Å². The molecule has 0 saturated heterocycles. The van der Waals surface area contributed by atoms with Crippen molar-refractivity contribution in [2.24, 2.45) is 0 Å². The summed E-state index contributed by atoms with van der Waals surface area (Å²) in [5, 5.41) is 2.86. The number of anilines is 1. The first-order chi connectivity index (χ1) is 15.8. The van der Waals surface area contributed by atoms with Gasteiger partial charge in [-0.15, -0.1) is 0 Å². The molecule has 0 spiro atoms. The largest absolute Gasteiger partial charge is 0.378 e. The van der Waals surface area contributed by atoms with E-state index >= 15 is 0 Å². The predicted molar refractivity (Wildman–Crippen MR) is 132 cm³/mol. The Labute approximate surface area is 198 Å². The molecule has 1 saturated carbocycles. The third-order valence-electron chi connectivity index (χ3n) is 5.94. The van der Waals surface area contributed by atoms with E-state index in [0.29, 0.717) is 31.4 Å².